The molecule has 5 rings (SSSR count). The Morgan fingerprint density at radius 3 is 2.97 bits per heavy atom. The first kappa shape index (κ1) is 18.0. The van der Waals surface area contributed by atoms with Crippen molar-refractivity contribution < 1.29 is 15.0 Å². The molecule has 0 radical (unpaired) electrons. The number of rotatable bonds is 4. The number of aliphatic imine (C=N–C) groups is 1. The van der Waals surface area contributed by atoms with Crippen LogP contribution in [0.15, 0.2) is 47.5 Å². The molecule has 1 amide bonds. The summed E-state index contributed by atoms with van der Waals surface area (Å²) in [6, 6.07) is 1.56. The average molecular weight is 394 g/mol. The van der Waals surface area contributed by atoms with Crippen molar-refractivity contribution in [3.63, 3.8) is 0 Å². The average Bonchev–Trinajstić information content (AvgIpc) is 3.37. The molecule has 4 heterocycles. The fourth-order valence-electron chi connectivity index (χ4n) is 4.53. The smallest absolute Gasteiger partial charge is 0.267 e. The zero-order valence-corrected chi connectivity index (χ0v) is 15.7. The summed E-state index contributed by atoms with van der Waals surface area (Å²) in [5.41, 5.74) is 7.64. The van der Waals surface area contributed by atoms with Crippen LogP contribution in [0.1, 0.15) is 25.3 Å². The SMILES string of the molecule is Nc1ncnc2c1ccn2[C@@H]1C[C@H](CCC2=CC3=NC(=O)CN3C=C2)[C@@H](O)[C@H]1O. The second-order valence-corrected chi connectivity index (χ2v) is 7.83. The maximum Gasteiger partial charge on any atom is 0.267 e. The number of allylic oxidation sites excluding steroid dienone is 2. The van der Waals surface area contributed by atoms with Gasteiger partial charge in [0, 0.05) is 12.4 Å². The van der Waals surface area contributed by atoms with Crippen LogP contribution in [0, 0.1) is 5.92 Å². The largest absolute Gasteiger partial charge is 0.390 e. The molecule has 3 aliphatic rings. The highest BCUT2D eigenvalue weighted by Crippen LogP contribution is 2.40. The number of aliphatic hydroxyl groups is 2. The third kappa shape index (κ3) is 3.02. The molecule has 0 saturated heterocycles. The highest BCUT2D eigenvalue weighted by Gasteiger charge is 2.42. The van der Waals surface area contributed by atoms with E-state index in [-0.39, 0.29) is 17.9 Å². The van der Waals surface area contributed by atoms with Gasteiger partial charge < -0.3 is 25.4 Å². The number of hydrogen-bond acceptors (Lipinski definition) is 7. The van der Waals surface area contributed by atoms with Crippen molar-refractivity contribution in [2.75, 3.05) is 12.3 Å². The molecule has 9 nitrogen and oxygen atoms in total. The van der Waals surface area contributed by atoms with E-state index in [1.54, 1.807) is 0 Å². The molecule has 1 fully saturated rings. The predicted octanol–water partition coefficient (Wildman–Crippen LogP) is 0.771. The van der Waals surface area contributed by atoms with E-state index in [0.717, 1.165) is 23.8 Å². The number of nitrogens with two attached hydrogens (primary N) is 1. The zero-order chi connectivity index (χ0) is 20.1. The number of fused-ring (bicyclic) bond motifs is 2. The van der Waals surface area contributed by atoms with Gasteiger partial charge in [0.1, 0.15) is 36.3 Å². The maximum atomic E-state index is 11.5. The number of nitrogen functional groups attached to an aromatic ring is 1. The van der Waals surface area contributed by atoms with Gasteiger partial charge >= 0.3 is 0 Å². The number of hydrogen-bond donors (Lipinski definition) is 3. The molecule has 150 valence electrons. The minimum Gasteiger partial charge on any atom is -0.390 e. The van der Waals surface area contributed by atoms with Crippen molar-refractivity contribution in [2.45, 2.75) is 37.5 Å². The Hall–Kier alpha value is -3.04. The van der Waals surface area contributed by atoms with Gasteiger partial charge in [-0.3, -0.25) is 4.79 Å². The van der Waals surface area contributed by atoms with E-state index in [1.165, 1.54) is 6.33 Å². The number of carbonyl (C=O) groups is 1. The van der Waals surface area contributed by atoms with Crippen molar-refractivity contribution >= 4 is 28.6 Å². The second kappa shape index (κ2) is 6.78. The summed E-state index contributed by atoms with van der Waals surface area (Å²) in [7, 11) is 0. The molecule has 9 heteroatoms. The first-order chi connectivity index (χ1) is 14.0. The van der Waals surface area contributed by atoms with E-state index in [9.17, 15) is 15.0 Å². The van der Waals surface area contributed by atoms with E-state index < -0.39 is 12.2 Å². The number of aliphatic hydroxyl groups excluding tert-OH is 2. The molecule has 1 saturated carbocycles. The lowest BCUT2D eigenvalue weighted by Gasteiger charge is -2.20. The lowest BCUT2D eigenvalue weighted by atomic mass is 9.95. The van der Waals surface area contributed by atoms with Crippen LogP contribution in [-0.4, -0.2) is 60.1 Å². The molecule has 2 aromatic heterocycles. The summed E-state index contributed by atoms with van der Waals surface area (Å²) >= 11 is 0. The van der Waals surface area contributed by atoms with Gasteiger partial charge in [-0.25, -0.2) is 9.97 Å². The van der Waals surface area contributed by atoms with Crippen LogP contribution in [0.2, 0.25) is 0 Å². The van der Waals surface area contributed by atoms with Crippen molar-refractivity contribution in [3.8, 4) is 0 Å². The molecule has 2 aromatic rings. The Morgan fingerprint density at radius 1 is 1.24 bits per heavy atom. The van der Waals surface area contributed by atoms with Gasteiger partial charge in [-0.15, -0.1) is 0 Å². The zero-order valence-electron chi connectivity index (χ0n) is 15.7. The highest BCUT2D eigenvalue weighted by molar-refractivity contribution is 6.08. The van der Waals surface area contributed by atoms with Crippen molar-refractivity contribution in [1.82, 2.24) is 19.4 Å². The lowest BCUT2D eigenvalue weighted by molar-refractivity contribution is -0.116. The Kier molecular flexibility index (Phi) is 4.21. The summed E-state index contributed by atoms with van der Waals surface area (Å²) in [5, 5.41) is 22.1. The molecule has 0 bridgehead atoms. The van der Waals surface area contributed by atoms with Crippen LogP contribution in [-0.2, 0) is 4.79 Å². The summed E-state index contributed by atoms with van der Waals surface area (Å²) in [6.45, 7) is 0.295. The van der Waals surface area contributed by atoms with Gasteiger partial charge in [0.2, 0.25) is 0 Å². The molecule has 29 heavy (non-hydrogen) atoms. The minimum atomic E-state index is -0.880. The van der Waals surface area contributed by atoms with Gasteiger partial charge in [-0.05, 0) is 49.0 Å². The third-order valence-electron chi connectivity index (χ3n) is 6.09. The Morgan fingerprint density at radius 2 is 2.10 bits per heavy atom. The second-order valence-electron chi connectivity index (χ2n) is 7.83. The van der Waals surface area contributed by atoms with Crippen LogP contribution in [0.3, 0.4) is 0 Å². The van der Waals surface area contributed by atoms with Crippen LogP contribution in [0.5, 0.6) is 0 Å². The topological polar surface area (TPSA) is 130 Å². The van der Waals surface area contributed by atoms with Crippen LogP contribution in [0.4, 0.5) is 5.82 Å². The van der Waals surface area contributed by atoms with E-state index in [4.69, 9.17) is 5.73 Å². The van der Waals surface area contributed by atoms with Crippen LogP contribution < -0.4 is 5.73 Å². The normalized spacial score (nSPS) is 28.8. The number of anilines is 1. The van der Waals surface area contributed by atoms with E-state index in [1.807, 2.05) is 40.1 Å². The molecule has 2 aliphatic heterocycles. The Balaban J connectivity index is 1.31. The minimum absolute atomic E-state index is 0.0499. The highest BCUT2D eigenvalue weighted by atomic mass is 16.3. The molecule has 4 N–H and O–H groups in total. The van der Waals surface area contributed by atoms with Gasteiger partial charge in [0.15, 0.2) is 0 Å². The lowest BCUT2D eigenvalue weighted by Crippen LogP contribution is -2.29. The monoisotopic (exact) mass is 394 g/mol. The van der Waals surface area contributed by atoms with Gasteiger partial charge in [-0.1, -0.05) is 0 Å². The van der Waals surface area contributed by atoms with Crippen LogP contribution >= 0.6 is 0 Å². The van der Waals surface area contributed by atoms with Gasteiger partial charge in [0.25, 0.3) is 5.91 Å². The molecule has 4 atom stereocenters. The number of amides is 1. The number of nitrogens with zero attached hydrogens (tertiary/aromatic N) is 5. The number of aromatic nitrogens is 3. The standard InChI is InChI=1S/C20H22N6O3/c21-19-13-4-6-26(20(13)23-10-22-19)14-8-12(17(28)18(14)29)2-1-11-3-5-25-9-16(27)24-15(25)7-11/h3-7,10,12,14,17-18,28-29H,1-2,8-9H2,(H2,21,22,23)/t12-,14+,17+,18-/m0/s1. The molecule has 0 aromatic carbocycles. The Labute approximate surface area is 166 Å². The van der Waals surface area contributed by atoms with Crippen LogP contribution in [0.25, 0.3) is 11.0 Å². The number of carbonyl (C=O) groups excluding carboxylic acids is 1. The molecular formula is C20H22N6O3. The van der Waals surface area contributed by atoms with Crippen molar-refractivity contribution in [1.29, 1.82) is 0 Å². The van der Waals surface area contributed by atoms with Crippen molar-refractivity contribution in [2.24, 2.45) is 10.9 Å². The summed E-state index contributed by atoms with van der Waals surface area (Å²) in [5.74, 6) is 0.888. The fourth-order valence-corrected chi connectivity index (χ4v) is 4.53. The number of amidine groups is 1. The maximum absolute atomic E-state index is 11.5. The van der Waals surface area contributed by atoms with E-state index >= 15 is 0 Å². The van der Waals surface area contributed by atoms with Crippen molar-refractivity contribution in [3.05, 3.63) is 42.5 Å². The summed E-state index contributed by atoms with van der Waals surface area (Å²) < 4.78 is 1.89. The first-order valence-corrected chi connectivity index (χ1v) is 9.71. The fraction of sp³-hybridized carbons (Fsp3) is 0.400. The molecule has 0 spiro atoms. The quantitative estimate of drug-likeness (QED) is 0.698. The van der Waals surface area contributed by atoms with E-state index in [2.05, 4.69) is 15.0 Å². The first-order valence-electron chi connectivity index (χ1n) is 9.71. The molecule has 1 aliphatic carbocycles. The van der Waals surface area contributed by atoms with Gasteiger partial charge in [-0.2, -0.15) is 4.99 Å². The molecular weight excluding hydrogens is 372 g/mol. The summed E-state index contributed by atoms with van der Waals surface area (Å²) in [6.07, 6.45) is 9.42. The van der Waals surface area contributed by atoms with Gasteiger partial charge in [0.05, 0.1) is 17.5 Å². The predicted molar refractivity (Wildman–Crippen MR) is 107 cm³/mol. The molecule has 0 unspecified atom stereocenters. The summed E-state index contributed by atoms with van der Waals surface area (Å²) in [4.78, 5) is 25.6. The van der Waals surface area contributed by atoms with E-state index in [0.29, 0.717) is 30.3 Å². The Bertz CT molecular complexity index is 1070. The third-order valence-corrected chi connectivity index (χ3v) is 6.09.